The lowest BCUT2D eigenvalue weighted by Crippen LogP contribution is -2.66. The van der Waals surface area contributed by atoms with Crippen molar-refractivity contribution >= 4 is 11.8 Å². The number of carbonyl (C=O) groups is 2. The van der Waals surface area contributed by atoms with Crippen LogP contribution in [-0.4, -0.2) is 48.6 Å². The summed E-state index contributed by atoms with van der Waals surface area (Å²) in [7, 11) is 0. The average Bonchev–Trinajstić information content (AvgIpc) is 2.74. The van der Waals surface area contributed by atoms with Crippen LogP contribution in [0.2, 0.25) is 0 Å². The van der Waals surface area contributed by atoms with Gasteiger partial charge in [0.25, 0.3) is 5.91 Å². The predicted octanol–water partition coefficient (Wildman–Crippen LogP) is 2.79. The van der Waals surface area contributed by atoms with E-state index in [1.165, 1.54) is 0 Å². The maximum Gasteiger partial charge on any atom is 0.258 e. The zero-order valence-electron chi connectivity index (χ0n) is 17.6. The molecule has 3 aliphatic carbocycles. The average molecular weight is 400 g/mol. The maximum atomic E-state index is 12.9. The van der Waals surface area contributed by atoms with E-state index in [0.29, 0.717) is 11.3 Å². The smallest absolute Gasteiger partial charge is 0.258 e. The van der Waals surface area contributed by atoms with Gasteiger partial charge in [-0.05, 0) is 63.4 Å². The molecule has 4 aliphatic rings. The minimum atomic E-state index is -0.645. The molecule has 3 fully saturated rings. The van der Waals surface area contributed by atoms with Gasteiger partial charge in [-0.15, -0.1) is 0 Å². The van der Waals surface area contributed by atoms with E-state index in [1.807, 2.05) is 18.2 Å². The number of hydrogen-bond donors (Lipinski definition) is 2. The van der Waals surface area contributed by atoms with Crippen molar-refractivity contribution in [2.45, 2.75) is 51.7 Å². The summed E-state index contributed by atoms with van der Waals surface area (Å²) >= 11 is 0. The fourth-order valence-corrected chi connectivity index (χ4v) is 5.47. The summed E-state index contributed by atoms with van der Waals surface area (Å²) in [5.41, 5.74) is -0.0458. The molecule has 3 saturated carbocycles. The van der Waals surface area contributed by atoms with Crippen molar-refractivity contribution in [2.24, 2.45) is 17.8 Å². The molecule has 1 aliphatic heterocycles. The first-order valence-corrected chi connectivity index (χ1v) is 11.2. The van der Waals surface area contributed by atoms with Gasteiger partial charge in [0, 0.05) is 24.8 Å². The highest BCUT2D eigenvalue weighted by Crippen LogP contribution is 2.52. The first-order valence-electron chi connectivity index (χ1n) is 11.2. The fraction of sp³-hybridized carbons (Fsp3) is 0.652. The number of rotatable bonds is 7. The minimum Gasteiger partial charge on any atom is -0.467 e. The summed E-state index contributed by atoms with van der Waals surface area (Å²) in [6.45, 7) is 8.19. The van der Waals surface area contributed by atoms with Gasteiger partial charge in [0.2, 0.25) is 5.91 Å². The number of hydrogen-bond acceptors (Lipinski definition) is 4. The van der Waals surface area contributed by atoms with E-state index in [-0.39, 0.29) is 29.6 Å². The Morgan fingerprint density at radius 3 is 2.79 bits per heavy atom. The summed E-state index contributed by atoms with van der Waals surface area (Å²) in [6, 6.07) is 7.43. The van der Waals surface area contributed by atoms with Crippen molar-refractivity contribution < 1.29 is 14.3 Å². The molecule has 0 unspecified atom stereocenters. The molecule has 2 N–H and O–H groups in total. The fourth-order valence-electron chi connectivity index (χ4n) is 5.47. The second-order valence-electron chi connectivity index (χ2n) is 8.69. The number of amides is 2. The molecule has 29 heavy (non-hydrogen) atoms. The third kappa shape index (κ3) is 3.87. The molecule has 1 aromatic rings. The second-order valence-corrected chi connectivity index (χ2v) is 8.69. The van der Waals surface area contributed by atoms with Crippen molar-refractivity contribution in [1.82, 2.24) is 15.5 Å². The van der Waals surface area contributed by atoms with E-state index in [9.17, 15) is 9.59 Å². The lowest BCUT2D eigenvalue weighted by Gasteiger charge is -2.55. The van der Waals surface area contributed by atoms with Gasteiger partial charge >= 0.3 is 0 Å². The number of nitrogens with one attached hydrogen (secondary N) is 2. The Bertz CT molecular complexity index is 763. The van der Waals surface area contributed by atoms with Crippen molar-refractivity contribution in [3.05, 3.63) is 29.8 Å². The Hall–Kier alpha value is -2.08. The number of carbonyl (C=O) groups excluding carboxylic acids is 2. The van der Waals surface area contributed by atoms with E-state index in [2.05, 4.69) is 29.4 Å². The van der Waals surface area contributed by atoms with Gasteiger partial charge in [-0.1, -0.05) is 26.0 Å². The van der Waals surface area contributed by atoms with Gasteiger partial charge < -0.3 is 20.3 Å². The van der Waals surface area contributed by atoms with E-state index in [0.717, 1.165) is 58.3 Å². The molecule has 2 amide bonds. The van der Waals surface area contributed by atoms with Crippen LogP contribution in [0.5, 0.6) is 5.75 Å². The first kappa shape index (κ1) is 20.2. The lowest BCUT2D eigenvalue weighted by atomic mass is 9.60. The van der Waals surface area contributed by atoms with Crippen LogP contribution in [0, 0.1) is 17.8 Å². The number of nitrogens with zero attached hydrogens (tertiary/aromatic N) is 1. The highest BCUT2D eigenvalue weighted by molar-refractivity contribution is 5.98. The third-order valence-electron chi connectivity index (χ3n) is 7.15. The van der Waals surface area contributed by atoms with E-state index in [4.69, 9.17) is 4.74 Å². The van der Waals surface area contributed by atoms with Crippen LogP contribution in [0.4, 0.5) is 0 Å². The molecular weight excluding hydrogens is 366 g/mol. The SMILES string of the molecule is CCN(CC)CCCNC(=O)[C@H]1C[C@H]2CC[C@@H]1C[C@@]21NC(=O)c2ccccc2O1. The van der Waals surface area contributed by atoms with Crippen LogP contribution in [0.15, 0.2) is 24.3 Å². The Morgan fingerprint density at radius 2 is 2.07 bits per heavy atom. The quantitative estimate of drug-likeness (QED) is 0.692. The van der Waals surface area contributed by atoms with Crippen LogP contribution in [0.1, 0.15) is 56.3 Å². The van der Waals surface area contributed by atoms with Gasteiger partial charge in [-0.25, -0.2) is 0 Å². The molecule has 0 aromatic heterocycles. The van der Waals surface area contributed by atoms with Crippen LogP contribution in [0.3, 0.4) is 0 Å². The highest BCUT2D eigenvalue weighted by Gasteiger charge is 2.57. The van der Waals surface area contributed by atoms with Crippen molar-refractivity contribution in [3.8, 4) is 5.75 Å². The Kier molecular flexibility index (Phi) is 5.81. The molecule has 6 heteroatoms. The minimum absolute atomic E-state index is 0.0329. The monoisotopic (exact) mass is 399 g/mol. The number of fused-ring (bicyclic) bond motifs is 3. The molecule has 1 aromatic carbocycles. The summed E-state index contributed by atoms with van der Waals surface area (Å²) in [4.78, 5) is 27.9. The zero-order valence-corrected chi connectivity index (χ0v) is 17.6. The second kappa shape index (κ2) is 8.34. The molecule has 6 nitrogen and oxygen atoms in total. The lowest BCUT2D eigenvalue weighted by molar-refractivity contribution is -0.146. The Balaban J connectivity index is 1.36. The van der Waals surface area contributed by atoms with Crippen LogP contribution < -0.4 is 15.4 Å². The van der Waals surface area contributed by atoms with Crippen molar-refractivity contribution in [3.63, 3.8) is 0 Å². The Morgan fingerprint density at radius 1 is 1.28 bits per heavy atom. The molecule has 1 heterocycles. The number of ether oxygens (including phenoxy) is 1. The van der Waals surface area contributed by atoms with Gasteiger partial charge in [0.05, 0.1) is 5.56 Å². The zero-order chi connectivity index (χ0) is 20.4. The standard InChI is InChI=1S/C23H33N3O3/c1-3-26(4-2)13-7-12-24-21(27)19-14-17-11-10-16(19)15-23(17)25-22(28)18-8-5-6-9-20(18)29-23/h5-6,8-9,16-17,19H,3-4,7,10-15H2,1-2H3,(H,24,27)(H,25,28)/t16-,17-,19+,23+/m1/s1. The van der Waals surface area contributed by atoms with Gasteiger partial charge in [0.15, 0.2) is 5.72 Å². The summed E-state index contributed by atoms with van der Waals surface area (Å²) < 4.78 is 6.37. The van der Waals surface area contributed by atoms with E-state index < -0.39 is 5.72 Å². The van der Waals surface area contributed by atoms with Crippen molar-refractivity contribution in [2.75, 3.05) is 26.2 Å². The summed E-state index contributed by atoms with van der Waals surface area (Å²) in [5.74, 6) is 1.25. The van der Waals surface area contributed by atoms with Gasteiger partial charge in [-0.2, -0.15) is 0 Å². The Labute approximate surface area is 173 Å². The number of benzene rings is 1. The maximum absolute atomic E-state index is 12.9. The van der Waals surface area contributed by atoms with Crippen LogP contribution in [-0.2, 0) is 4.79 Å². The van der Waals surface area contributed by atoms with Crippen LogP contribution >= 0.6 is 0 Å². The molecule has 1 spiro atoms. The molecule has 158 valence electrons. The van der Waals surface area contributed by atoms with E-state index >= 15 is 0 Å². The topological polar surface area (TPSA) is 70.7 Å². The molecule has 5 rings (SSSR count). The predicted molar refractivity (Wildman–Crippen MR) is 112 cm³/mol. The van der Waals surface area contributed by atoms with Crippen LogP contribution in [0.25, 0.3) is 0 Å². The molecule has 2 bridgehead atoms. The summed E-state index contributed by atoms with van der Waals surface area (Å²) in [5, 5.41) is 6.32. The summed E-state index contributed by atoms with van der Waals surface area (Å²) in [6.07, 6.45) is 4.52. The highest BCUT2D eigenvalue weighted by atomic mass is 16.5. The largest absolute Gasteiger partial charge is 0.467 e. The molecular formula is C23H33N3O3. The molecule has 4 atom stereocenters. The van der Waals surface area contributed by atoms with E-state index in [1.54, 1.807) is 6.07 Å². The number of para-hydroxylation sites is 1. The van der Waals surface area contributed by atoms with Gasteiger partial charge in [0.1, 0.15) is 5.75 Å². The third-order valence-corrected chi connectivity index (χ3v) is 7.15. The molecule has 0 radical (unpaired) electrons. The van der Waals surface area contributed by atoms with Gasteiger partial charge in [-0.3, -0.25) is 9.59 Å². The molecule has 0 saturated heterocycles. The van der Waals surface area contributed by atoms with Crippen molar-refractivity contribution in [1.29, 1.82) is 0 Å². The first-order chi connectivity index (χ1) is 14.1. The normalized spacial score (nSPS) is 30.0.